The number of rotatable bonds is 6. The number of thiophene rings is 1. The molecule has 0 saturated heterocycles. The van der Waals surface area contributed by atoms with Crippen LogP contribution in [-0.2, 0) is 6.54 Å². The predicted octanol–water partition coefficient (Wildman–Crippen LogP) is 4.28. The number of hydrogen-bond acceptors (Lipinski definition) is 5. The standard InChI is InChI=1S/C22H20N4O2S/c1-25(15-16-8-6-11-18(14-16)28-2)22(27)20-23-21(19-12-7-13-29-19)26(24-20)17-9-4-3-5-10-17/h3-14H,15H2,1-2H3. The minimum Gasteiger partial charge on any atom is -0.497 e. The Morgan fingerprint density at radius 3 is 2.66 bits per heavy atom. The average Bonchev–Trinajstić information content (AvgIpc) is 3.44. The molecule has 4 rings (SSSR count). The lowest BCUT2D eigenvalue weighted by molar-refractivity contribution is 0.0773. The van der Waals surface area contributed by atoms with Gasteiger partial charge in [-0.05, 0) is 41.3 Å². The van der Waals surface area contributed by atoms with E-state index >= 15 is 0 Å². The predicted molar refractivity (Wildman–Crippen MR) is 113 cm³/mol. The number of amides is 1. The molecule has 7 heteroatoms. The molecule has 0 aliphatic carbocycles. The lowest BCUT2D eigenvalue weighted by Crippen LogP contribution is -2.27. The van der Waals surface area contributed by atoms with E-state index in [4.69, 9.17) is 4.74 Å². The summed E-state index contributed by atoms with van der Waals surface area (Å²) in [7, 11) is 3.37. The second kappa shape index (κ2) is 8.28. The zero-order chi connectivity index (χ0) is 20.2. The number of hydrogen-bond donors (Lipinski definition) is 0. The molecule has 0 fully saturated rings. The summed E-state index contributed by atoms with van der Waals surface area (Å²) in [6.07, 6.45) is 0. The van der Waals surface area contributed by atoms with Gasteiger partial charge in [-0.25, -0.2) is 9.67 Å². The quantitative estimate of drug-likeness (QED) is 0.481. The van der Waals surface area contributed by atoms with E-state index in [1.54, 1.807) is 35.1 Å². The lowest BCUT2D eigenvalue weighted by atomic mass is 10.2. The molecule has 0 saturated carbocycles. The van der Waals surface area contributed by atoms with Gasteiger partial charge in [0.05, 0.1) is 17.7 Å². The maximum atomic E-state index is 13.0. The summed E-state index contributed by atoms with van der Waals surface area (Å²) < 4.78 is 6.98. The normalized spacial score (nSPS) is 10.7. The molecule has 0 bridgehead atoms. The first-order chi connectivity index (χ1) is 14.2. The van der Waals surface area contributed by atoms with Gasteiger partial charge in [0.1, 0.15) is 5.75 Å². The van der Waals surface area contributed by atoms with Gasteiger partial charge in [-0.2, -0.15) is 0 Å². The van der Waals surface area contributed by atoms with Gasteiger partial charge in [0.2, 0.25) is 5.82 Å². The Morgan fingerprint density at radius 1 is 1.10 bits per heavy atom. The van der Waals surface area contributed by atoms with Crippen molar-refractivity contribution in [3.8, 4) is 22.1 Å². The summed E-state index contributed by atoms with van der Waals surface area (Å²) in [6.45, 7) is 0.435. The summed E-state index contributed by atoms with van der Waals surface area (Å²) in [5.41, 5.74) is 1.83. The lowest BCUT2D eigenvalue weighted by Gasteiger charge is -2.15. The Balaban J connectivity index is 1.64. The highest BCUT2D eigenvalue weighted by Crippen LogP contribution is 2.26. The van der Waals surface area contributed by atoms with Crippen LogP contribution >= 0.6 is 11.3 Å². The number of carbonyl (C=O) groups is 1. The Bertz CT molecular complexity index is 1110. The molecule has 146 valence electrons. The Hall–Kier alpha value is -3.45. The minimum atomic E-state index is -0.236. The highest BCUT2D eigenvalue weighted by Gasteiger charge is 2.22. The van der Waals surface area contributed by atoms with Gasteiger partial charge in [0.25, 0.3) is 5.91 Å². The topological polar surface area (TPSA) is 60.2 Å². The van der Waals surface area contributed by atoms with Crippen LogP contribution in [-0.4, -0.2) is 39.7 Å². The molecule has 0 N–H and O–H groups in total. The third kappa shape index (κ3) is 4.05. The average molecular weight is 404 g/mol. The fourth-order valence-electron chi connectivity index (χ4n) is 3.00. The summed E-state index contributed by atoms with van der Waals surface area (Å²) in [5, 5.41) is 6.51. The summed E-state index contributed by atoms with van der Waals surface area (Å²) in [5.74, 6) is 1.35. The van der Waals surface area contributed by atoms with Crippen LogP contribution in [0.4, 0.5) is 0 Å². The van der Waals surface area contributed by atoms with Crippen molar-refractivity contribution in [2.24, 2.45) is 0 Å². The molecule has 0 atom stereocenters. The van der Waals surface area contributed by atoms with Crippen molar-refractivity contribution in [1.29, 1.82) is 0 Å². The van der Waals surface area contributed by atoms with E-state index in [1.165, 1.54) is 0 Å². The Morgan fingerprint density at radius 2 is 1.93 bits per heavy atom. The number of carbonyl (C=O) groups excluding carboxylic acids is 1. The maximum absolute atomic E-state index is 13.0. The van der Waals surface area contributed by atoms with Gasteiger partial charge in [-0.15, -0.1) is 16.4 Å². The molecule has 0 radical (unpaired) electrons. The number of aromatic nitrogens is 3. The second-order valence-corrected chi connectivity index (χ2v) is 7.44. The van der Waals surface area contributed by atoms with Gasteiger partial charge in [0.15, 0.2) is 5.82 Å². The van der Waals surface area contributed by atoms with Gasteiger partial charge >= 0.3 is 0 Å². The largest absolute Gasteiger partial charge is 0.497 e. The molecule has 2 heterocycles. The molecule has 2 aromatic carbocycles. The van der Waals surface area contributed by atoms with Crippen LogP contribution in [0.25, 0.3) is 16.4 Å². The molecule has 0 spiro atoms. The van der Waals surface area contributed by atoms with Crippen molar-refractivity contribution in [2.45, 2.75) is 6.54 Å². The van der Waals surface area contributed by atoms with Crippen LogP contribution in [0.15, 0.2) is 72.1 Å². The molecule has 0 unspecified atom stereocenters. The van der Waals surface area contributed by atoms with Gasteiger partial charge in [0, 0.05) is 13.6 Å². The molecule has 29 heavy (non-hydrogen) atoms. The molecule has 6 nitrogen and oxygen atoms in total. The monoisotopic (exact) mass is 404 g/mol. The van der Waals surface area contributed by atoms with Crippen LogP contribution in [0.5, 0.6) is 5.75 Å². The van der Waals surface area contributed by atoms with Crippen LogP contribution in [0.2, 0.25) is 0 Å². The van der Waals surface area contributed by atoms with Crippen molar-refractivity contribution in [3.63, 3.8) is 0 Å². The summed E-state index contributed by atoms with van der Waals surface area (Å²) in [4.78, 5) is 20.2. The van der Waals surface area contributed by atoms with Crippen molar-refractivity contribution >= 4 is 17.2 Å². The highest BCUT2D eigenvalue weighted by molar-refractivity contribution is 7.13. The minimum absolute atomic E-state index is 0.169. The fourth-order valence-corrected chi connectivity index (χ4v) is 3.70. The zero-order valence-corrected chi connectivity index (χ0v) is 17.0. The molecule has 0 aliphatic rings. The van der Waals surface area contributed by atoms with E-state index in [-0.39, 0.29) is 11.7 Å². The fraction of sp³-hybridized carbons (Fsp3) is 0.136. The van der Waals surface area contributed by atoms with Gasteiger partial charge < -0.3 is 9.64 Å². The maximum Gasteiger partial charge on any atom is 0.293 e. The molecular formula is C22H20N4O2S. The number of methoxy groups -OCH3 is 1. The summed E-state index contributed by atoms with van der Waals surface area (Å²) >= 11 is 1.56. The SMILES string of the molecule is COc1cccc(CN(C)C(=O)c2nc(-c3cccs3)n(-c3ccccc3)n2)c1. The molecule has 2 aromatic heterocycles. The number of benzene rings is 2. The number of nitrogens with zero attached hydrogens (tertiary/aromatic N) is 4. The number of ether oxygens (including phenoxy) is 1. The van der Waals surface area contributed by atoms with Gasteiger partial charge in [-0.1, -0.05) is 36.4 Å². The molecular weight excluding hydrogens is 384 g/mol. The van der Waals surface area contributed by atoms with Crippen molar-refractivity contribution in [2.75, 3.05) is 14.2 Å². The summed E-state index contributed by atoms with van der Waals surface area (Å²) in [6, 6.07) is 21.3. The first kappa shape index (κ1) is 18.9. The van der Waals surface area contributed by atoms with Crippen LogP contribution in [0, 0.1) is 0 Å². The highest BCUT2D eigenvalue weighted by atomic mass is 32.1. The van der Waals surface area contributed by atoms with Gasteiger partial charge in [-0.3, -0.25) is 4.79 Å². The van der Waals surface area contributed by atoms with E-state index in [0.717, 1.165) is 21.9 Å². The van der Waals surface area contributed by atoms with Crippen molar-refractivity contribution < 1.29 is 9.53 Å². The van der Waals surface area contributed by atoms with E-state index in [0.29, 0.717) is 12.4 Å². The first-order valence-corrected chi connectivity index (χ1v) is 9.98. The first-order valence-electron chi connectivity index (χ1n) is 9.10. The van der Waals surface area contributed by atoms with Crippen molar-refractivity contribution in [1.82, 2.24) is 19.7 Å². The van der Waals surface area contributed by atoms with Crippen LogP contribution in [0.3, 0.4) is 0 Å². The van der Waals surface area contributed by atoms with E-state index in [9.17, 15) is 4.79 Å². The third-order valence-electron chi connectivity index (χ3n) is 4.44. The second-order valence-electron chi connectivity index (χ2n) is 6.50. The zero-order valence-electron chi connectivity index (χ0n) is 16.1. The van der Waals surface area contributed by atoms with Crippen LogP contribution in [0.1, 0.15) is 16.2 Å². The molecule has 4 aromatic rings. The number of para-hydroxylation sites is 1. The van der Waals surface area contributed by atoms with Crippen molar-refractivity contribution in [3.05, 3.63) is 83.5 Å². The third-order valence-corrected chi connectivity index (χ3v) is 5.31. The van der Waals surface area contributed by atoms with Crippen LogP contribution < -0.4 is 4.74 Å². The van der Waals surface area contributed by atoms with E-state index < -0.39 is 0 Å². The van der Waals surface area contributed by atoms with E-state index in [2.05, 4.69) is 10.1 Å². The molecule has 0 aliphatic heterocycles. The Kier molecular flexibility index (Phi) is 5.39. The Labute approximate surface area is 173 Å². The van der Waals surface area contributed by atoms with E-state index in [1.807, 2.05) is 72.1 Å². The molecule has 1 amide bonds. The smallest absolute Gasteiger partial charge is 0.293 e.